The van der Waals surface area contributed by atoms with Crippen LogP contribution in [0.2, 0.25) is 0 Å². The van der Waals surface area contributed by atoms with Gasteiger partial charge in [0.25, 0.3) is 0 Å². The predicted molar refractivity (Wildman–Crippen MR) is 102 cm³/mol. The molecule has 126 valence electrons. The standard InChI is InChI=1S/C20H19N3OS/c1-13-10-16-4-2-3-5-18(16)23(13)11-17-12-25-20(22-17)15-8-6-14(7-9-15)19(21)24/h2-9,12-13H,10-11H2,1H3,(H2,21,24). The first kappa shape index (κ1) is 15.8. The van der Waals surface area contributed by atoms with Gasteiger partial charge >= 0.3 is 0 Å². The number of thiazole rings is 1. The van der Waals surface area contributed by atoms with Crippen molar-refractivity contribution < 1.29 is 4.79 Å². The van der Waals surface area contributed by atoms with E-state index in [0.717, 1.165) is 29.2 Å². The first-order chi connectivity index (χ1) is 12.1. The van der Waals surface area contributed by atoms with E-state index >= 15 is 0 Å². The molecule has 1 aliphatic heterocycles. The average molecular weight is 349 g/mol. The largest absolute Gasteiger partial charge is 0.366 e. The van der Waals surface area contributed by atoms with Crippen LogP contribution in [0.15, 0.2) is 53.9 Å². The number of nitrogens with zero attached hydrogens (tertiary/aromatic N) is 2. The van der Waals surface area contributed by atoms with Crippen molar-refractivity contribution in [1.29, 1.82) is 0 Å². The number of nitrogens with two attached hydrogens (primary N) is 1. The maximum atomic E-state index is 11.2. The zero-order valence-corrected chi connectivity index (χ0v) is 14.8. The Labute approximate surface area is 150 Å². The van der Waals surface area contributed by atoms with Crippen LogP contribution in [0.4, 0.5) is 5.69 Å². The highest BCUT2D eigenvalue weighted by atomic mass is 32.1. The van der Waals surface area contributed by atoms with Gasteiger partial charge in [0.05, 0.1) is 12.2 Å². The number of benzene rings is 2. The molecule has 2 N–H and O–H groups in total. The van der Waals surface area contributed by atoms with Gasteiger partial charge in [0.1, 0.15) is 5.01 Å². The fourth-order valence-electron chi connectivity index (χ4n) is 3.33. The molecule has 0 saturated heterocycles. The molecule has 0 radical (unpaired) electrons. The number of carbonyl (C=O) groups is 1. The van der Waals surface area contributed by atoms with E-state index in [-0.39, 0.29) is 0 Å². The second-order valence-corrected chi connectivity index (χ2v) is 7.25. The van der Waals surface area contributed by atoms with Gasteiger partial charge in [-0.2, -0.15) is 0 Å². The summed E-state index contributed by atoms with van der Waals surface area (Å²) in [5.41, 5.74) is 10.6. The van der Waals surface area contributed by atoms with Crippen LogP contribution in [0.3, 0.4) is 0 Å². The molecule has 2 aromatic carbocycles. The van der Waals surface area contributed by atoms with Gasteiger partial charge in [-0.3, -0.25) is 4.79 Å². The van der Waals surface area contributed by atoms with Crippen molar-refractivity contribution in [3.63, 3.8) is 0 Å². The topological polar surface area (TPSA) is 59.2 Å². The molecule has 0 saturated carbocycles. The fraction of sp³-hybridized carbons (Fsp3) is 0.200. The summed E-state index contributed by atoms with van der Waals surface area (Å²) in [6, 6.07) is 16.4. The van der Waals surface area contributed by atoms with Crippen molar-refractivity contribution in [2.24, 2.45) is 5.73 Å². The lowest BCUT2D eigenvalue weighted by Gasteiger charge is -2.23. The first-order valence-electron chi connectivity index (χ1n) is 8.31. The summed E-state index contributed by atoms with van der Waals surface area (Å²) in [6.45, 7) is 3.07. The minimum atomic E-state index is -0.409. The van der Waals surface area contributed by atoms with Crippen LogP contribution in [0.1, 0.15) is 28.5 Å². The van der Waals surface area contributed by atoms with Gasteiger partial charge < -0.3 is 10.6 Å². The number of aromatic nitrogens is 1. The summed E-state index contributed by atoms with van der Waals surface area (Å²) in [5, 5.41) is 3.08. The molecule has 1 aromatic heterocycles. The van der Waals surface area contributed by atoms with Gasteiger partial charge in [0.15, 0.2) is 0 Å². The van der Waals surface area contributed by atoms with Crippen molar-refractivity contribution in [2.45, 2.75) is 25.9 Å². The zero-order chi connectivity index (χ0) is 17.4. The monoisotopic (exact) mass is 349 g/mol. The molecule has 25 heavy (non-hydrogen) atoms. The molecule has 1 atom stereocenters. The van der Waals surface area contributed by atoms with E-state index in [0.29, 0.717) is 11.6 Å². The lowest BCUT2D eigenvalue weighted by Crippen LogP contribution is -2.28. The summed E-state index contributed by atoms with van der Waals surface area (Å²) in [5.74, 6) is -0.409. The van der Waals surface area contributed by atoms with E-state index < -0.39 is 5.91 Å². The van der Waals surface area contributed by atoms with Crippen molar-refractivity contribution in [1.82, 2.24) is 4.98 Å². The molecule has 4 nitrogen and oxygen atoms in total. The van der Waals surface area contributed by atoms with Crippen LogP contribution < -0.4 is 10.6 Å². The Kier molecular flexibility index (Phi) is 4.01. The van der Waals surface area contributed by atoms with E-state index in [4.69, 9.17) is 10.7 Å². The molecule has 1 aliphatic rings. The van der Waals surface area contributed by atoms with E-state index in [9.17, 15) is 4.79 Å². The molecule has 2 heterocycles. The summed E-state index contributed by atoms with van der Waals surface area (Å²) < 4.78 is 0. The SMILES string of the molecule is CC1Cc2ccccc2N1Cc1csc(-c2ccc(C(N)=O)cc2)n1. The number of fused-ring (bicyclic) bond motifs is 1. The Morgan fingerprint density at radius 2 is 2.00 bits per heavy atom. The number of rotatable bonds is 4. The number of amides is 1. The number of hydrogen-bond donors (Lipinski definition) is 1. The maximum Gasteiger partial charge on any atom is 0.248 e. The minimum Gasteiger partial charge on any atom is -0.366 e. The van der Waals surface area contributed by atoms with Crippen molar-refractivity contribution in [3.8, 4) is 10.6 Å². The van der Waals surface area contributed by atoms with Gasteiger partial charge in [-0.05, 0) is 37.1 Å². The van der Waals surface area contributed by atoms with Crippen LogP contribution in [-0.2, 0) is 13.0 Å². The predicted octanol–water partition coefficient (Wildman–Crippen LogP) is 3.86. The summed E-state index contributed by atoms with van der Waals surface area (Å²) in [7, 11) is 0. The number of hydrogen-bond acceptors (Lipinski definition) is 4. The average Bonchev–Trinajstić information content (AvgIpc) is 3.20. The van der Waals surface area contributed by atoms with Crippen molar-refractivity contribution >= 4 is 22.9 Å². The zero-order valence-electron chi connectivity index (χ0n) is 14.0. The quantitative estimate of drug-likeness (QED) is 0.778. The number of anilines is 1. The second kappa shape index (κ2) is 6.33. The smallest absolute Gasteiger partial charge is 0.248 e. The Balaban J connectivity index is 1.55. The van der Waals surface area contributed by atoms with Gasteiger partial charge in [0.2, 0.25) is 5.91 Å². The highest BCUT2D eigenvalue weighted by Crippen LogP contribution is 2.33. The van der Waals surface area contributed by atoms with Gasteiger partial charge in [-0.15, -0.1) is 11.3 Å². The van der Waals surface area contributed by atoms with Gasteiger partial charge in [-0.25, -0.2) is 4.98 Å². The van der Waals surface area contributed by atoms with E-state index in [1.54, 1.807) is 23.5 Å². The van der Waals surface area contributed by atoms with Crippen molar-refractivity contribution in [3.05, 3.63) is 70.7 Å². The highest BCUT2D eigenvalue weighted by Gasteiger charge is 2.26. The molecule has 5 heteroatoms. The fourth-order valence-corrected chi connectivity index (χ4v) is 4.15. The molecule has 3 aromatic rings. The van der Waals surface area contributed by atoms with Gasteiger partial charge in [0, 0.05) is 28.2 Å². The highest BCUT2D eigenvalue weighted by molar-refractivity contribution is 7.13. The third-order valence-corrected chi connectivity index (χ3v) is 5.59. The minimum absolute atomic E-state index is 0.409. The molecule has 0 bridgehead atoms. The number of para-hydroxylation sites is 1. The molecule has 0 aliphatic carbocycles. The molecule has 0 spiro atoms. The maximum absolute atomic E-state index is 11.2. The van der Waals surface area contributed by atoms with Crippen LogP contribution >= 0.6 is 11.3 Å². The van der Waals surface area contributed by atoms with E-state index in [2.05, 4.69) is 41.5 Å². The van der Waals surface area contributed by atoms with E-state index in [1.165, 1.54) is 11.3 Å². The van der Waals surface area contributed by atoms with Crippen LogP contribution in [-0.4, -0.2) is 16.9 Å². The normalized spacial score (nSPS) is 16.0. The van der Waals surface area contributed by atoms with E-state index in [1.807, 2.05) is 12.1 Å². The lowest BCUT2D eigenvalue weighted by molar-refractivity contribution is 0.100. The Hall–Kier alpha value is -2.66. The lowest BCUT2D eigenvalue weighted by atomic mass is 10.1. The van der Waals surface area contributed by atoms with Crippen LogP contribution in [0, 0.1) is 0 Å². The summed E-state index contributed by atoms with van der Waals surface area (Å²) in [4.78, 5) is 18.4. The molecule has 4 rings (SSSR count). The van der Waals surface area contributed by atoms with Crippen molar-refractivity contribution in [2.75, 3.05) is 4.90 Å². The third kappa shape index (κ3) is 3.03. The number of primary amides is 1. The van der Waals surface area contributed by atoms with Gasteiger partial charge in [-0.1, -0.05) is 30.3 Å². The Morgan fingerprint density at radius 1 is 1.24 bits per heavy atom. The first-order valence-corrected chi connectivity index (χ1v) is 9.19. The molecular weight excluding hydrogens is 330 g/mol. The Bertz CT molecular complexity index is 917. The second-order valence-electron chi connectivity index (χ2n) is 6.40. The summed E-state index contributed by atoms with van der Waals surface area (Å²) in [6.07, 6.45) is 1.09. The van der Waals surface area contributed by atoms with Crippen LogP contribution in [0.5, 0.6) is 0 Å². The molecule has 1 unspecified atom stereocenters. The summed E-state index contributed by atoms with van der Waals surface area (Å²) >= 11 is 1.63. The molecule has 0 fully saturated rings. The van der Waals surface area contributed by atoms with Crippen LogP contribution in [0.25, 0.3) is 10.6 Å². The molecule has 1 amide bonds. The Morgan fingerprint density at radius 3 is 2.76 bits per heavy atom. The third-order valence-electron chi connectivity index (χ3n) is 4.65. The number of carbonyl (C=O) groups excluding carboxylic acids is 1. The molecular formula is C20H19N3OS.